The van der Waals surface area contributed by atoms with Crippen LogP contribution in [-0.2, 0) is 11.0 Å². The maximum Gasteiger partial charge on any atom is 0.416 e. The maximum atomic E-state index is 12.8. The fourth-order valence-electron chi connectivity index (χ4n) is 3.07. The molecule has 0 aliphatic rings. The maximum absolute atomic E-state index is 12.8. The van der Waals surface area contributed by atoms with Gasteiger partial charge in [0.15, 0.2) is 6.61 Å². The van der Waals surface area contributed by atoms with Crippen LogP contribution in [0.3, 0.4) is 0 Å². The van der Waals surface area contributed by atoms with Gasteiger partial charge in [0.2, 0.25) is 0 Å². The van der Waals surface area contributed by atoms with Crippen LogP contribution in [0.4, 0.5) is 13.2 Å². The van der Waals surface area contributed by atoms with Gasteiger partial charge in [-0.1, -0.05) is 0 Å². The van der Waals surface area contributed by atoms with E-state index in [2.05, 4.69) is 5.10 Å². The highest BCUT2D eigenvalue weighted by atomic mass is 32.2. The molecule has 1 N–H and O–H groups in total. The Labute approximate surface area is 181 Å². The van der Waals surface area contributed by atoms with Crippen molar-refractivity contribution in [3.63, 3.8) is 0 Å². The van der Waals surface area contributed by atoms with E-state index in [0.717, 1.165) is 33.8 Å². The third kappa shape index (κ3) is 5.61. The van der Waals surface area contributed by atoms with Gasteiger partial charge >= 0.3 is 12.1 Å². The van der Waals surface area contributed by atoms with Crippen LogP contribution >= 0.6 is 11.8 Å². The summed E-state index contributed by atoms with van der Waals surface area (Å²) in [5.41, 5.74) is 2.44. The minimum atomic E-state index is -4.37. The molecule has 0 radical (unpaired) electrons. The van der Waals surface area contributed by atoms with E-state index in [1.807, 2.05) is 39.1 Å². The van der Waals surface area contributed by atoms with Crippen molar-refractivity contribution in [1.82, 2.24) is 9.78 Å². The number of thioether (sulfide) groups is 1. The van der Waals surface area contributed by atoms with Gasteiger partial charge in [-0.25, -0.2) is 9.48 Å². The monoisotopic (exact) mass is 450 g/mol. The van der Waals surface area contributed by atoms with Crippen LogP contribution < -0.4 is 4.74 Å². The van der Waals surface area contributed by atoms with Gasteiger partial charge in [-0.2, -0.15) is 18.3 Å². The molecule has 9 heteroatoms. The average molecular weight is 450 g/mol. The number of ether oxygens (including phenoxy) is 1. The van der Waals surface area contributed by atoms with Crippen LogP contribution in [0.25, 0.3) is 5.69 Å². The molecule has 0 amide bonds. The van der Waals surface area contributed by atoms with Crippen LogP contribution in [0.1, 0.15) is 34.6 Å². The first-order chi connectivity index (χ1) is 14.5. The largest absolute Gasteiger partial charge is 0.482 e. The van der Waals surface area contributed by atoms with E-state index in [0.29, 0.717) is 11.4 Å². The molecule has 0 saturated heterocycles. The SMILES string of the molecule is Cc1cc(S[C@H](C)c2cn(-c3ccc(C(F)(F)F)cc3)nc2C)ccc1OCC(=O)O. The Hall–Kier alpha value is -2.94. The van der Waals surface area contributed by atoms with Gasteiger partial charge in [-0.15, -0.1) is 11.8 Å². The van der Waals surface area contributed by atoms with E-state index in [1.165, 1.54) is 12.1 Å². The van der Waals surface area contributed by atoms with Crippen LogP contribution in [0.5, 0.6) is 5.75 Å². The summed E-state index contributed by atoms with van der Waals surface area (Å²) in [6, 6.07) is 10.4. The predicted molar refractivity (Wildman–Crippen MR) is 112 cm³/mol. The van der Waals surface area contributed by atoms with E-state index in [9.17, 15) is 18.0 Å². The third-order valence-electron chi connectivity index (χ3n) is 4.64. The highest BCUT2D eigenvalue weighted by molar-refractivity contribution is 7.99. The van der Waals surface area contributed by atoms with Crippen molar-refractivity contribution in [1.29, 1.82) is 0 Å². The molecule has 5 nitrogen and oxygen atoms in total. The first kappa shape index (κ1) is 22.7. The topological polar surface area (TPSA) is 64.4 Å². The number of halogens is 3. The molecule has 31 heavy (non-hydrogen) atoms. The van der Waals surface area contributed by atoms with Crippen LogP contribution in [0.15, 0.2) is 53.6 Å². The zero-order chi connectivity index (χ0) is 22.8. The number of alkyl halides is 3. The first-order valence-corrected chi connectivity index (χ1v) is 10.3. The molecule has 1 aromatic heterocycles. The van der Waals surface area contributed by atoms with Crippen molar-refractivity contribution >= 4 is 17.7 Å². The minimum Gasteiger partial charge on any atom is -0.482 e. The Morgan fingerprint density at radius 1 is 1.19 bits per heavy atom. The number of benzene rings is 2. The van der Waals surface area contributed by atoms with Gasteiger partial charge in [0.1, 0.15) is 5.75 Å². The smallest absolute Gasteiger partial charge is 0.416 e. The van der Waals surface area contributed by atoms with Crippen molar-refractivity contribution in [2.45, 2.75) is 37.1 Å². The number of aromatic nitrogens is 2. The standard InChI is InChI=1S/C22H21F3N2O3S/c1-13-10-18(8-9-20(13)30-12-21(28)29)31-15(3)19-11-27(26-14(19)2)17-6-4-16(5-7-17)22(23,24)25/h4-11,15H,12H2,1-3H3,(H,28,29)/t15-/m1/s1. The third-order valence-corrected chi connectivity index (χ3v) is 5.78. The van der Waals surface area contributed by atoms with Crippen LogP contribution in [-0.4, -0.2) is 27.5 Å². The van der Waals surface area contributed by atoms with Crippen LogP contribution in [0, 0.1) is 13.8 Å². The molecule has 3 rings (SSSR count). The Bertz CT molecular complexity index is 1080. The summed E-state index contributed by atoms with van der Waals surface area (Å²) in [4.78, 5) is 11.6. The predicted octanol–water partition coefficient (Wildman–Crippen LogP) is 5.82. The quantitative estimate of drug-likeness (QED) is 0.459. The van der Waals surface area contributed by atoms with Crippen molar-refractivity contribution in [3.8, 4) is 11.4 Å². The van der Waals surface area contributed by atoms with Crippen LogP contribution in [0.2, 0.25) is 0 Å². The number of carboxylic acid groups (broad SMARTS) is 1. The molecular formula is C22H21F3N2O3S. The molecule has 1 atom stereocenters. The Morgan fingerprint density at radius 3 is 2.45 bits per heavy atom. The first-order valence-electron chi connectivity index (χ1n) is 9.40. The van der Waals surface area contributed by atoms with Gasteiger partial charge < -0.3 is 9.84 Å². The zero-order valence-electron chi connectivity index (χ0n) is 17.1. The molecule has 2 aromatic carbocycles. The number of hydrogen-bond acceptors (Lipinski definition) is 4. The number of carbonyl (C=O) groups is 1. The zero-order valence-corrected chi connectivity index (χ0v) is 17.9. The highest BCUT2D eigenvalue weighted by Crippen LogP contribution is 2.38. The number of aryl methyl sites for hydroxylation is 2. The molecular weight excluding hydrogens is 429 g/mol. The molecule has 164 valence electrons. The lowest BCUT2D eigenvalue weighted by molar-refractivity contribution is -0.139. The van der Waals surface area contributed by atoms with Gasteiger partial charge in [0, 0.05) is 21.9 Å². The van der Waals surface area contributed by atoms with Gasteiger partial charge in [0.25, 0.3) is 0 Å². The molecule has 3 aromatic rings. The second kappa shape index (κ2) is 9.05. The van der Waals surface area contributed by atoms with E-state index < -0.39 is 24.3 Å². The lowest BCUT2D eigenvalue weighted by Crippen LogP contribution is -2.10. The molecule has 0 aliphatic heterocycles. The second-order valence-corrected chi connectivity index (χ2v) is 8.44. The molecule has 0 aliphatic carbocycles. The summed E-state index contributed by atoms with van der Waals surface area (Å²) in [5.74, 6) is -0.516. The van der Waals surface area contributed by atoms with E-state index >= 15 is 0 Å². The molecule has 0 unspecified atom stereocenters. The van der Waals surface area contributed by atoms with Gasteiger partial charge in [0.05, 0.1) is 16.9 Å². The number of aliphatic carboxylic acids is 1. The lowest BCUT2D eigenvalue weighted by atomic mass is 10.2. The Morgan fingerprint density at radius 2 is 1.87 bits per heavy atom. The molecule has 0 spiro atoms. The van der Waals surface area contributed by atoms with Crippen molar-refractivity contribution in [3.05, 3.63) is 71.0 Å². The number of rotatable bonds is 7. The second-order valence-electron chi connectivity index (χ2n) is 7.03. The molecule has 1 heterocycles. The van der Waals surface area contributed by atoms with Gasteiger partial charge in [-0.3, -0.25) is 0 Å². The summed E-state index contributed by atoms with van der Waals surface area (Å²) < 4.78 is 45.2. The number of carboxylic acids is 1. The Kier molecular flexibility index (Phi) is 6.64. The van der Waals surface area contributed by atoms with E-state index in [1.54, 1.807) is 22.5 Å². The van der Waals surface area contributed by atoms with Crippen molar-refractivity contribution in [2.75, 3.05) is 6.61 Å². The average Bonchev–Trinajstić information content (AvgIpc) is 3.08. The summed E-state index contributed by atoms with van der Waals surface area (Å²) in [6.07, 6.45) is -2.55. The fraction of sp³-hybridized carbons (Fsp3) is 0.273. The normalized spacial score (nSPS) is 12.6. The van der Waals surface area contributed by atoms with E-state index in [-0.39, 0.29) is 5.25 Å². The summed E-state index contributed by atoms with van der Waals surface area (Å²) in [6.45, 7) is 5.34. The van der Waals surface area contributed by atoms with Crippen molar-refractivity contribution in [2.24, 2.45) is 0 Å². The fourth-order valence-corrected chi connectivity index (χ4v) is 4.23. The minimum absolute atomic E-state index is 0.0355. The highest BCUT2D eigenvalue weighted by Gasteiger charge is 2.30. The molecule has 0 bridgehead atoms. The summed E-state index contributed by atoms with van der Waals surface area (Å²) in [7, 11) is 0. The molecule has 0 fully saturated rings. The number of nitrogens with zero attached hydrogens (tertiary/aromatic N) is 2. The van der Waals surface area contributed by atoms with Gasteiger partial charge in [-0.05, 0) is 68.8 Å². The summed E-state index contributed by atoms with van der Waals surface area (Å²) >= 11 is 1.60. The van der Waals surface area contributed by atoms with Crippen molar-refractivity contribution < 1.29 is 27.8 Å². The van der Waals surface area contributed by atoms with E-state index in [4.69, 9.17) is 9.84 Å². The lowest BCUT2D eigenvalue weighted by Gasteiger charge is -2.13. The summed E-state index contributed by atoms with van der Waals surface area (Å²) in [5, 5.41) is 13.2. The Balaban J connectivity index is 1.74. The number of hydrogen-bond donors (Lipinski definition) is 1. The molecule has 0 saturated carbocycles.